The fraction of sp³-hybridized carbons (Fsp3) is 0.500. The van der Waals surface area contributed by atoms with E-state index in [1.165, 1.54) is 4.90 Å². The van der Waals surface area contributed by atoms with Crippen LogP contribution >= 0.6 is 0 Å². The number of carbonyl (C=O) groups is 1. The summed E-state index contributed by atoms with van der Waals surface area (Å²) in [7, 11) is 1.70. The van der Waals surface area contributed by atoms with Crippen LogP contribution in [0.4, 0.5) is 5.82 Å². The summed E-state index contributed by atoms with van der Waals surface area (Å²) in [6.07, 6.45) is 1.71. The normalized spacial score (nSPS) is 12.2. The van der Waals surface area contributed by atoms with E-state index < -0.39 is 0 Å². The highest BCUT2D eigenvalue weighted by molar-refractivity contribution is 5.92. The molecule has 1 rings (SSSR count). The summed E-state index contributed by atoms with van der Waals surface area (Å²) in [6.45, 7) is 2.79. The van der Waals surface area contributed by atoms with Crippen LogP contribution < -0.4 is 10.6 Å². The summed E-state index contributed by atoms with van der Waals surface area (Å²) >= 11 is 0. The minimum absolute atomic E-state index is 0.0485. The highest BCUT2D eigenvalue weighted by Crippen LogP contribution is 2.10. The number of aromatic nitrogens is 1. The van der Waals surface area contributed by atoms with Crippen molar-refractivity contribution in [1.82, 2.24) is 4.98 Å². The maximum atomic E-state index is 11.9. The van der Waals surface area contributed by atoms with Gasteiger partial charge < -0.3 is 10.5 Å². The molecule has 1 aromatic rings. The lowest BCUT2D eigenvalue weighted by Gasteiger charge is -2.20. The predicted molar refractivity (Wildman–Crippen MR) is 66.7 cm³/mol. The number of rotatable bonds is 6. The molecule has 94 valence electrons. The van der Waals surface area contributed by atoms with Gasteiger partial charge in [0.15, 0.2) is 0 Å². The van der Waals surface area contributed by atoms with Crippen LogP contribution in [-0.4, -0.2) is 37.2 Å². The first-order chi connectivity index (χ1) is 8.19. The Bertz CT molecular complexity index is 343. The summed E-state index contributed by atoms with van der Waals surface area (Å²) in [5.41, 5.74) is 5.53. The zero-order chi connectivity index (χ0) is 12.7. The molecular weight excluding hydrogens is 218 g/mol. The second kappa shape index (κ2) is 6.98. The molecule has 0 aromatic carbocycles. The van der Waals surface area contributed by atoms with Gasteiger partial charge >= 0.3 is 0 Å². The van der Waals surface area contributed by atoms with Gasteiger partial charge in [-0.2, -0.15) is 0 Å². The number of nitrogens with two attached hydrogens (primary N) is 1. The van der Waals surface area contributed by atoms with Crippen molar-refractivity contribution in [3.8, 4) is 0 Å². The number of hydrogen-bond acceptors (Lipinski definition) is 4. The topological polar surface area (TPSA) is 68.5 Å². The second-order valence-corrected chi connectivity index (χ2v) is 3.66. The minimum atomic E-state index is -0.223. The van der Waals surface area contributed by atoms with Gasteiger partial charge in [-0.05, 0) is 19.1 Å². The van der Waals surface area contributed by atoms with Crippen molar-refractivity contribution in [2.45, 2.75) is 19.4 Å². The predicted octanol–water partition coefficient (Wildman–Crippen LogP) is 0.798. The van der Waals surface area contributed by atoms with E-state index in [2.05, 4.69) is 4.98 Å². The van der Waals surface area contributed by atoms with Crippen LogP contribution in [0.5, 0.6) is 0 Å². The minimum Gasteiger partial charge on any atom is -0.377 e. The Labute approximate surface area is 102 Å². The van der Waals surface area contributed by atoms with E-state index in [9.17, 15) is 4.79 Å². The van der Waals surface area contributed by atoms with Gasteiger partial charge in [-0.25, -0.2) is 4.98 Å². The summed E-state index contributed by atoms with van der Waals surface area (Å²) < 4.78 is 5.35. The molecular formula is C12H19N3O2. The van der Waals surface area contributed by atoms with Crippen LogP contribution in [0.2, 0.25) is 0 Å². The average Bonchev–Trinajstić information content (AvgIpc) is 2.38. The van der Waals surface area contributed by atoms with E-state index in [-0.39, 0.29) is 18.4 Å². The molecule has 1 heterocycles. The fourth-order valence-electron chi connectivity index (χ4n) is 1.46. The molecule has 2 N–H and O–H groups in total. The SMILES string of the molecule is CCOC(CN)CC(=O)N(C)c1ccccn1. The Hall–Kier alpha value is -1.46. The van der Waals surface area contributed by atoms with Gasteiger partial charge in [0, 0.05) is 26.4 Å². The first-order valence-corrected chi connectivity index (χ1v) is 5.68. The molecule has 0 radical (unpaired) electrons. The highest BCUT2D eigenvalue weighted by Gasteiger charge is 2.17. The molecule has 0 aliphatic heterocycles. The molecule has 0 saturated heterocycles. The molecule has 1 aromatic heterocycles. The molecule has 5 nitrogen and oxygen atoms in total. The van der Waals surface area contributed by atoms with Crippen molar-refractivity contribution in [1.29, 1.82) is 0 Å². The Balaban J connectivity index is 2.58. The smallest absolute Gasteiger partial charge is 0.230 e. The van der Waals surface area contributed by atoms with Gasteiger partial charge in [0.25, 0.3) is 0 Å². The van der Waals surface area contributed by atoms with E-state index in [1.807, 2.05) is 19.1 Å². The number of anilines is 1. The summed E-state index contributed by atoms with van der Waals surface area (Å²) in [6, 6.07) is 5.44. The fourth-order valence-corrected chi connectivity index (χ4v) is 1.46. The molecule has 5 heteroatoms. The van der Waals surface area contributed by atoms with Gasteiger partial charge in [0.05, 0.1) is 12.5 Å². The number of carbonyl (C=O) groups excluding carboxylic acids is 1. The Morgan fingerprint density at radius 3 is 2.88 bits per heavy atom. The van der Waals surface area contributed by atoms with E-state index in [1.54, 1.807) is 19.3 Å². The number of hydrogen-bond donors (Lipinski definition) is 1. The van der Waals surface area contributed by atoms with Gasteiger partial charge in [-0.1, -0.05) is 6.07 Å². The van der Waals surface area contributed by atoms with Crippen molar-refractivity contribution in [2.75, 3.05) is 25.1 Å². The highest BCUT2D eigenvalue weighted by atomic mass is 16.5. The lowest BCUT2D eigenvalue weighted by Crippen LogP contribution is -2.34. The molecule has 17 heavy (non-hydrogen) atoms. The lowest BCUT2D eigenvalue weighted by atomic mass is 10.2. The molecule has 0 aliphatic carbocycles. The van der Waals surface area contributed by atoms with E-state index in [0.717, 1.165) is 0 Å². The molecule has 0 bridgehead atoms. The first kappa shape index (κ1) is 13.6. The van der Waals surface area contributed by atoms with E-state index in [4.69, 9.17) is 10.5 Å². The van der Waals surface area contributed by atoms with Crippen LogP contribution in [0, 0.1) is 0 Å². The number of pyridine rings is 1. The largest absolute Gasteiger partial charge is 0.377 e. The third kappa shape index (κ3) is 4.13. The molecule has 0 aliphatic rings. The van der Waals surface area contributed by atoms with Crippen LogP contribution in [0.3, 0.4) is 0 Å². The number of nitrogens with zero attached hydrogens (tertiary/aromatic N) is 2. The monoisotopic (exact) mass is 237 g/mol. The van der Waals surface area contributed by atoms with Crippen molar-refractivity contribution in [3.63, 3.8) is 0 Å². The maximum absolute atomic E-state index is 11.9. The summed E-state index contributed by atoms with van der Waals surface area (Å²) in [5, 5.41) is 0. The van der Waals surface area contributed by atoms with E-state index in [0.29, 0.717) is 19.0 Å². The standard InChI is InChI=1S/C12H19N3O2/c1-3-17-10(9-13)8-12(16)15(2)11-6-4-5-7-14-11/h4-7,10H,3,8-9,13H2,1-2H3. The molecule has 1 atom stereocenters. The third-order valence-corrected chi connectivity index (χ3v) is 2.43. The Morgan fingerprint density at radius 1 is 1.59 bits per heavy atom. The zero-order valence-electron chi connectivity index (χ0n) is 10.3. The molecule has 0 spiro atoms. The van der Waals surface area contributed by atoms with Crippen molar-refractivity contribution in [2.24, 2.45) is 5.73 Å². The van der Waals surface area contributed by atoms with E-state index >= 15 is 0 Å². The quantitative estimate of drug-likeness (QED) is 0.794. The maximum Gasteiger partial charge on any atom is 0.230 e. The van der Waals surface area contributed by atoms with Gasteiger partial charge in [-0.3, -0.25) is 9.69 Å². The molecule has 1 unspecified atom stereocenters. The van der Waals surface area contributed by atoms with Gasteiger partial charge in [-0.15, -0.1) is 0 Å². The number of ether oxygens (including phenoxy) is 1. The molecule has 0 fully saturated rings. The molecule has 0 saturated carbocycles. The van der Waals surface area contributed by atoms with Crippen LogP contribution in [0.1, 0.15) is 13.3 Å². The second-order valence-electron chi connectivity index (χ2n) is 3.66. The lowest BCUT2D eigenvalue weighted by molar-refractivity contribution is -0.121. The van der Waals surface area contributed by atoms with Crippen LogP contribution in [-0.2, 0) is 9.53 Å². The van der Waals surface area contributed by atoms with Crippen molar-refractivity contribution < 1.29 is 9.53 Å². The third-order valence-electron chi connectivity index (χ3n) is 2.43. The number of amides is 1. The summed E-state index contributed by atoms with van der Waals surface area (Å²) in [5.74, 6) is 0.581. The van der Waals surface area contributed by atoms with Crippen LogP contribution in [0.15, 0.2) is 24.4 Å². The van der Waals surface area contributed by atoms with Gasteiger partial charge in [0.2, 0.25) is 5.91 Å². The van der Waals surface area contributed by atoms with Crippen molar-refractivity contribution >= 4 is 11.7 Å². The Kier molecular flexibility index (Phi) is 5.59. The van der Waals surface area contributed by atoms with Crippen molar-refractivity contribution in [3.05, 3.63) is 24.4 Å². The zero-order valence-corrected chi connectivity index (χ0v) is 10.3. The summed E-state index contributed by atoms with van der Waals surface area (Å²) in [4.78, 5) is 17.6. The van der Waals surface area contributed by atoms with Crippen LogP contribution in [0.25, 0.3) is 0 Å². The average molecular weight is 237 g/mol. The Morgan fingerprint density at radius 2 is 2.35 bits per heavy atom. The van der Waals surface area contributed by atoms with Gasteiger partial charge in [0.1, 0.15) is 5.82 Å². The first-order valence-electron chi connectivity index (χ1n) is 5.68. The molecule has 1 amide bonds.